The van der Waals surface area contributed by atoms with E-state index < -0.39 is 20.4 Å². The van der Waals surface area contributed by atoms with E-state index in [0.717, 1.165) is 6.42 Å². The van der Waals surface area contributed by atoms with Gasteiger partial charge in [0.1, 0.15) is 0 Å². The second kappa shape index (κ2) is 6.39. The molecule has 120 valence electrons. The van der Waals surface area contributed by atoms with E-state index in [2.05, 4.69) is 75.5 Å². The zero-order chi connectivity index (χ0) is 16.8. The third-order valence-electron chi connectivity index (χ3n) is 5.28. The first-order chi connectivity index (χ1) is 11.6. The van der Waals surface area contributed by atoms with Crippen LogP contribution in [0.5, 0.6) is 0 Å². The van der Waals surface area contributed by atoms with Crippen LogP contribution in [-0.4, -0.2) is 5.43 Å². The molecule has 0 N–H and O–H groups in total. The molecule has 0 bridgehead atoms. The van der Waals surface area contributed by atoms with Crippen LogP contribution in [0.1, 0.15) is 28.7 Å². The normalized spacial score (nSPS) is 14.4. The molecule has 0 amide bonds. The van der Waals surface area contributed by atoms with Gasteiger partial charge in [-0.05, 0) is 0 Å². The predicted molar refractivity (Wildman–Crippen MR) is 103 cm³/mol. The molecule has 2 aromatic carbocycles. The van der Waals surface area contributed by atoms with Crippen molar-refractivity contribution in [3.8, 4) is 11.1 Å². The van der Waals surface area contributed by atoms with Gasteiger partial charge in [-0.1, -0.05) is 0 Å². The number of benzene rings is 2. The van der Waals surface area contributed by atoms with Gasteiger partial charge < -0.3 is 0 Å². The fourth-order valence-corrected chi connectivity index (χ4v) is 21.6. The zero-order valence-corrected chi connectivity index (χ0v) is 18.5. The van der Waals surface area contributed by atoms with Crippen molar-refractivity contribution in [3.63, 3.8) is 0 Å². The Kier molecular flexibility index (Phi) is 4.39. The summed E-state index contributed by atoms with van der Waals surface area (Å²) < 4.78 is 3.65. The van der Waals surface area contributed by atoms with E-state index in [0.29, 0.717) is 0 Å². The summed E-state index contributed by atoms with van der Waals surface area (Å²) in [6.45, 7) is 9.69. The van der Waals surface area contributed by atoms with E-state index in [1.54, 1.807) is 16.7 Å². The summed E-state index contributed by atoms with van der Waals surface area (Å²) in [5, 5.41) is 0. The van der Waals surface area contributed by atoms with Crippen LogP contribution in [0.2, 0.25) is 13.1 Å². The molecule has 0 nitrogen and oxygen atoms in total. The van der Waals surface area contributed by atoms with Crippen molar-refractivity contribution >= 4 is 8.70 Å². The van der Waals surface area contributed by atoms with Crippen molar-refractivity contribution in [1.29, 1.82) is 0 Å². The fraction of sp³-hybridized carbons (Fsp3) is 0.273. The van der Waals surface area contributed by atoms with Gasteiger partial charge in [0.15, 0.2) is 0 Å². The molecule has 24 heavy (non-hydrogen) atoms. The Morgan fingerprint density at radius 2 is 1.79 bits per heavy atom. The average molecular weight is 408 g/mol. The van der Waals surface area contributed by atoms with Crippen LogP contribution in [0.15, 0.2) is 51.8 Å². The molecule has 0 heterocycles. The average Bonchev–Trinajstić information content (AvgIpc) is 3.16. The van der Waals surface area contributed by atoms with Crippen LogP contribution in [0, 0.1) is 13.8 Å². The monoisotopic (exact) mass is 406 g/mol. The van der Waals surface area contributed by atoms with Crippen molar-refractivity contribution in [2.75, 3.05) is 0 Å². The Balaban J connectivity index is 1.95. The zero-order valence-electron chi connectivity index (χ0n) is 15.0. The third kappa shape index (κ3) is 2.68. The van der Waals surface area contributed by atoms with Crippen LogP contribution in [0.4, 0.5) is 0 Å². The van der Waals surface area contributed by atoms with Crippen LogP contribution in [0.25, 0.3) is 11.1 Å². The number of rotatable bonds is 2. The molecule has 0 saturated carbocycles. The molecule has 0 atom stereocenters. The Bertz CT molecular complexity index is 941. The Hall–Kier alpha value is -0.980. The topological polar surface area (TPSA) is 0 Å². The Labute approximate surface area is 153 Å². The predicted octanol–water partition coefficient (Wildman–Crippen LogP) is 5.21. The summed E-state index contributed by atoms with van der Waals surface area (Å²) in [5.74, 6) is 0. The van der Waals surface area contributed by atoms with Crippen molar-refractivity contribution in [2.24, 2.45) is 0 Å². The first-order valence-electron chi connectivity index (χ1n) is 8.82. The van der Waals surface area contributed by atoms with Crippen molar-refractivity contribution in [3.05, 3.63) is 74.1 Å². The quantitative estimate of drug-likeness (QED) is 0.511. The van der Waals surface area contributed by atoms with Gasteiger partial charge in [-0.15, -0.1) is 0 Å². The first-order valence-corrected chi connectivity index (χ1v) is 17.5. The number of hydrogen-bond donors (Lipinski definition) is 0. The van der Waals surface area contributed by atoms with Crippen molar-refractivity contribution in [1.82, 2.24) is 0 Å². The van der Waals surface area contributed by atoms with E-state index in [9.17, 15) is 0 Å². The molecule has 2 aliphatic rings. The van der Waals surface area contributed by atoms with Crippen molar-refractivity contribution < 1.29 is 20.4 Å². The molecule has 4 rings (SSSR count). The summed E-state index contributed by atoms with van der Waals surface area (Å²) in [4.78, 5) is 0. The molecule has 0 radical (unpaired) electrons. The van der Waals surface area contributed by atoms with E-state index in [-0.39, 0.29) is 5.43 Å². The van der Waals surface area contributed by atoms with Gasteiger partial charge in [0.25, 0.3) is 0 Å². The fourth-order valence-electron chi connectivity index (χ4n) is 4.24. The Morgan fingerprint density at radius 3 is 2.50 bits per heavy atom. The van der Waals surface area contributed by atoms with Crippen LogP contribution < -0.4 is 3.27 Å². The standard InChI is InChI=1S/C15H13.C5H5.C2H6Si.Zr/c1-10-3-5-14-12(7-10)9-13-8-11(2)4-6-15(13)14;1-2-4-5-3-1;1-3-2;/h3-7H,9H2,1-2H3;1-3H,4H2;1-2H3;. The van der Waals surface area contributed by atoms with E-state index >= 15 is 0 Å². The van der Waals surface area contributed by atoms with Gasteiger partial charge in [0.2, 0.25) is 0 Å². The van der Waals surface area contributed by atoms with E-state index in [1.807, 2.05) is 6.55 Å². The molecular weight excluding hydrogens is 384 g/mol. The molecule has 0 unspecified atom stereocenters. The molecule has 0 aliphatic heterocycles. The van der Waals surface area contributed by atoms with Gasteiger partial charge >= 0.3 is 154 Å². The number of aryl methyl sites for hydroxylation is 2. The summed E-state index contributed by atoms with van der Waals surface area (Å²) in [6, 6.07) is 11.8. The van der Waals surface area contributed by atoms with Gasteiger partial charge in [-0.2, -0.15) is 0 Å². The van der Waals surface area contributed by atoms with Gasteiger partial charge in [0.05, 0.1) is 0 Å². The van der Waals surface area contributed by atoms with E-state index in [1.165, 1.54) is 23.1 Å². The first kappa shape index (κ1) is 16.5. The summed E-state index contributed by atoms with van der Waals surface area (Å²) in [7, 11) is 0. The summed E-state index contributed by atoms with van der Waals surface area (Å²) >= 11 is -1.74. The summed E-state index contributed by atoms with van der Waals surface area (Å²) in [6.07, 6.45) is 9.48. The molecule has 0 fully saturated rings. The van der Waals surface area contributed by atoms with Gasteiger partial charge in [-0.25, -0.2) is 0 Å². The van der Waals surface area contributed by atoms with Crippen LogP contribution in [-0.2, 0) is 26.8 Å². The number of allylic oxidation sites excluding steroid dienone is 4. The minimum atomic E-state index is -1.74. The maximum atomic E-state index is 2.56. The molecule has 0 saturated heterocycles. The van der Waals surface area contributed by atoms with Crippen molar-refractivity contribution in [2.45, 2.75) is 39.8 Å². The van der Waals surface area contributed by atoms with Crippen LogP contribution in [0.3, 0.4) is 0 Å². The van der Waals surface area contributed by atoms with Crippen LogP contribution >= 0.6 is 0 Å². The number of hydrogen-bond acceptors (Lipinski definition) is 0. The maximum absolute atomic E-state index is 2.56. The molecule has 2 heteroatoms. The van der Waals surface area contributed by atoms with Gasteiger partial charge in [-0.3, -0.25) is 0 Å². The Morgan fingerprint density at radius 1 is 1.00 bits per heavy atom. The molecule has 0 aromatic heterocycles. The molecule has 2 aliphatic carbocycles. The molecular formula is C22H24SiZr. The summed E-state index contributed by atoms with van der Waals surface area (Å²) in [5.41, 5.74) is 8.93. The van der Waals surface area contributed by atoms with Gasteiger partial charge in [0, 0.05) is 0 Å². The third-order valence-corrected chi connectivity index (χ3v) is 22.5. The van der Waals surface area contributed by atoms with E-state index in [4.69, 9.17) is 0 Å². The minimum absolute atomic E-state index is 0.257. The second-order valence-corrected chi connectivity index (χ2v) is 24.3. The second-order valence-electron chi connectivity index (χ2n) is 7.32. The molecule has 2 aromatic rings. The SMILES string of the molecule is Cc1ccc2c(c1)Cc1c-2ccc(C)[c]1[Zr]([C]1=CC=CC1)=[Si](C)C. The number of fused-ring (bicyclic) bond motifs is 3. The molecule has 0 spiro atoms.